The second-order valence-electron chi connectivity index (χ2n) is 3.46. The maximum Gasteiger partial charge on any atom is 0.349 e. The molecular weight excluding hydrogens is 242 g/mol. The summed E-state index contributed by atoms with van der Waals surface area (Å²) in [6, 6.07) is 1.62. The number of hydrogen-bond acceptors (Lipinski definition) is 5. The number of ether oxygens (including phenoxy) is 1. The molecule has 2 aromatic heterocycles. The minimum absolute atomic E-state index is 0.131. The normalized spacial score (nSPS) is 10.5. The van der Waals surface area contributed by atoms with E-state index in [1.807, 2.05) is 13.8 Å². The van der Waals surface area contributed by atoms with Crippen molar-refractivity contribution in [2.24, 2.45) is 0 Å². The molecule has 6 heteroatoms. The summed E-state index contributed by atoms with van der Waals surface area (Å²) in [7, 11) is 0. The predicted octanol–water partition coefficient (Wildman–Crippen LogP) is 2.63. The average molecular weight is 253 g/mol. The van der Waals surface area contributed by atoms with E-state index < -0.39 is 5.97 Å². The largest absolute Gasteiger partial charge is 0.482 e. The van der Waals surface area contributed by atoms with Gasteiger partial charge in [0.05, 0.1) is 5.69 Å². The van der Waals surface area contributed by atoms with Crippen LogP contribution in [-0.4, -0.2) is 16.1 Å². The van der Waals surface area contributed by atoms with Gasteiger partial charge >= 0.3 is 5.97 Å². The highest BCUT2D eigenvalue weighted by molar-refractivity contribution is 7.12. The van der Waals surface area contributed by atoms with Crippen molar-refractivity contribution in [3.05, 3.63) is 33.7 Å². The minimum Gasteiger partial charge on any atom is -0.482 e. The van der Waals surface area contributed by atoms with E-state index in [4.69, 9.17) is 14.3 Å². The number of nitrogens with zero attached hydrogens (tertiary/aromatic N) is 1. The molecule has 0 aliphatic rings. The molecular formula is C11H11NO4S. The Kier molecular flexibility index (Phi) is 3.14. The zero-order valence-electron chi connectivity index (χ0n) is 9.39. The van der Waals surface area contributed by atoms with Crippen LogP contribution in [0.1, 0.15) is 27.0 Å². The van der Waals surface area contributed by atoms with E-state index in [9.17, 15) is 4.79 Å². The van der Waals surface area contributed by atoms with Gasteiger partial charge in [-0.2, -0.15) is 0 Å². The van der Waals surface area contributed by atoms with E-state index in [1.165, 1.54) is 0 Å². The third-order valence-corrected chi connectivity index (χ3v) is 3.13. The maximum absolute atomic E-state index is 10.8. The highest BCUT2D eigenvalue weighted by Gasteiger charge is 2.14. The molecule has 0 amide bonds. The zero-order valence-corrected chi connectivity index (χ0v) is 10.2. The summed E-state index contributed by atoms with van der Waals surface area (Å²) in [5, 5.41) is 10.6. The van der Waals surface area contributed by atoms with Crippen LogP contribution in [0, 0.1) is 13.8 Å². The summed E-state index contributed by atoms with van der Waals surface area (Å²) >= 11 is 1.13. The van der Waals surface area contributed by atoms with Gasteiger partial charge in [0.1, 0.15) is 11.5 Å². The zero-order chi connectivity index (χ0) is 12.4. The van der Waals surface area contributed by atoms with E-state index in [-0.39, 0.29) is 11.5 Å². The van der Waals surface area contributed by atoms with E-state index in [0.717, 1.165) is 22.8 Å². The summed E-state index contributed by atoms with van der Waals surface area (Å²) in [4.78, 5) is 15.2. The quantitative estimate of drug-likeness (QED) is 0.906. The number of oxazole rings is 1. The van der Waals surface area contributed by atoms with Gasteiger partial charge in [-0.25, -0.2) is 9.78 Å². The van der Waals surface area contributed by atoms with Crippen LogP contribution >= 0.6 is 11.3 Å². The van der Waals surface area contributed by atoms with Gasteiger partial charge in [0, 0.05) is 0 Å². The van der Waals surface area contributed by atoms with E-state index in [1.54, 1.807) is 11.4 Å². The topological polar surface area (TPSA) is 72.6 Å². The average Bonchev–Trinajstić information content (AvgIpc) is 2.83. The third kappa shape index (κ3) is 2.47. The molecule has 2 aromatic rings. The van der Waals surface area contributed by atoms with E-state index in [0.29, 0.717) is 11.6 Å². The fourth-order valence-corrected chi connectivity index (χ4v) is 1.98. The number of aromatic nitrogens is 1. The summed E-state index contributed by atoms with van der Waals surface area (Å²) < 4.78 is 10.7. The SMILES string of the molecule is Cc1nc(COc2ccsc2C(=O)O)oc1C. The van der Waals surface area contributed by atoms with Crippen molar-refractivity contribution in [2.45, 2.75) is 20.5 Å². The summed E-state index contributed by atoms with van der Waals surface area (Å²) in [6.07, 6.45) is 0. The van der Waals surface area contributed by atoms with Gasteiger partial charge in [0.15, 0.2) is 11.5 Å². The van der Waals surface area contributed by atoms with Crippen LogP contribution in [0.3, 0.4) is 0 Å². The molecule has 0 atom stereocenters. The Morgan fingerprint density at radius 3 is 2.94 bits per heavy atom. The smallest absolute Gasteiger partial charge is 0.349 e. The summed E-state index contributed by atoms with van der Waals surface area (Å²) in [5.41, 5.74) is 0.812. The molecule has 0 saturated heterocycles. The number of aromatic carboxylic acids is 1. The lowest BCUT2D eigenvalue weighted by Gasteiger charge is -2.01. The standard InChI is InChI=1S/C11H11NO4S/c1-6-7(2)16-9(12-6)5-15-8-3-4-17-10(8)11(13)14/h3-4H,5H2,1-2H3,(H,13,14). The fraction of sp³-hybridized carbons (Fsp3) is 0.273. The second kappa shape index (κ2) is 4.58. The Morgan fingerprint density at radius 1 is 1.59 bits per heavy atom. The van der Waals surface area contributed by atoms with Crippen LogP contribution in [0.4, 0.5) is 0 Å². The van der Waals surface area contributed by atoms with Crippen molar-refractivity contribution < 1.29 is 19.1 Å². The molecule has 0 aromatic carbocycles. The molecule has 17 heavy (non-hydrogen) atoms. The summed E-state index contributed by atoms with van der Waals surface area (Å²) in [5.74, 6) is 0.542. The first-order valence-electron chi connectivity index (χ1n) is 4.94. The lowest BCUT2D eigenvalue weighted by Crippen LogP contribution is -2.00. The Morgan fingerprint density at radius 2 is 2.35 bits per heavy atom. The highest BCUT2D eigenvalue weighted by atomic mass is 32.1. The first-order chi connectivity index (χ1) is 8.08. The van der Waals surface area contributed by atoms with Crippen LogP contribution in [0.5, 0.6) is 5.75 Å². The van der Waals surface area contributed by atoms with Crippen LogP contribution in [0.15, 0.2) is 15.9 Å². The van der Waals surface area contributed by atoms with Crippen LogP contribution in [-0.2, 0) is 6.61 Å². The van der Waals surface area contributed by atoms with E-state index >= 15 is 0 Å². The van der Waals surface area contributed by atoms with Gasteiger partial charge in [-0.3, -0.25) is 0 Å². The van der Waals surface area contributed by atoms with Gasteiger partial charge < -0.3 is 14.3 Å². The molecule has 0 saturated carbocycles. The van der Waals surface area contributed by atoms with Gasteiger partial charge in [-0.15, -0.1) is 11.3 Å². The molecule has 2 rings (SSSR count). The van der Waals surface area contributed by atoms with Crippen LogP contribution in [0.25, 0.3) is 0 Å². The van der Waals surface area contributed by atoms with Crippen molar-refractivity contribution in [2.75, 3.05) is 0 Å². The van der Waals surface area contributed by atoms with Gasteiger partial charge in [-0.05, 0) is 25.3 Å². The van der Waals surface area contributed by atoms with Crippen LogP contribution < -0.4 is 4.74 Å². The molecule has 0 radical (unpaired) electrons. The van der Waals surface area contributed by atoms with Crippen molar-refractivity contribution in [1.82, 2.24) is 4.98 Å². The van der Waals surface area contributed by atoms with E-state index in [2.05, 4.69) is 4.98 Å². The maximum atomic E-state index is 10.8. The lowest BCUT2D eigenvalue weighted by molar-refractivity contribution is 0.0697. The van der Waals surface area contributed by atoms with Crippen molar-refractivity contribution in [1.29, 1.82) is 0 Å². The molecule has 90 valence electrons. The Labute approximate surface area is 102 Å². The minimum atomic E-state index is -0.991. The molecule has 5 nitrogen and oxygen atoms in total. The first-order valence-corrected chi connectivity index (χ1v) is 5.82. The molecule has 0 aliphatic heterocycles. The number of carboxylic acid groups (broad SMARTS) is 1. The van der Waals surface area contributed by atoms with Crippen molar-refractivity contribution >= 4 is 17.3 Å². The Hall–Kier alpha value is -1.82. The lowest BCUT2D eigenvalue weighted by atomic mass is 10.4. The number of hydrogen-bond donors (Lipinski definition) is 1. The summed E-state index contributed by atoms with van der Waals surface area (Å²) in [6.45, 7) is 3.79. The third-order valence-electron chi connectivity index (χ3n) is 2.25. The predicted molar refractivity (Wildman–Crippen MR) is 61.6 cm³/mol. The monoisotopic (exact) mass is 253 g/mol. The van der Waals surface area contributed by atoms with Gasteiger partial charge in [-0.1, -0.05) is 0 Å². The first kappa shape index (κ1) is 11.7. The number of aryl methyl sites for hydroxylation is 2. The number of carboxylic acids is 1. The van der Waals surface area contributed by atoms with Crippen molar-refractivity contribution in [3.63, 3.8) is 0 Å². The molecule has 1 N–H and O–H groups in total. The molecule has 0 aliphatic carbocycles. The Balaban J connectivity index is 2.07. The highest BCUT2D eigenvalue weighted by Crippen LogP contribution is 2.25. The molecule has 2 heterocycles. The fourth-order valence-electron chi connectivity index (χ4n) is 1.31. The van der Waals surface area contributed by atoms with Crippen LogP contribution in [0.2, 0.25) is 0 Å². The molecule has 0 bridgehead atoms. The molecule has 0 fully saturated rings. The van der Waals surface area contributed by atoms with Crippen molar-refractivity contribution in [3.8, 4) is 5.75 Å². The molecule has 0 unspecified atom stereocenters. The number of carbonyl (C=O) groups is 1. The van der Waals surface area contributed by atoms with Gasteiger partial charge in [0.25, 0.3) is 0 Å². The second-order valence-corrected chi connectivity index (χ2v) is 4.37. The Bertz CT molecular complexity index is 524. The number of rotatable bonds is 4. The number of thiophene rings is 1. The van der Waals surface area contributed by atoms with Gasteiger partial charge in [0.2, 0.25) is 5.89 Å². The molecule has 0 spiro atoms.